The number of aromatic nitrogens is 1. The highest BCUT2D eigenvalue weighted by Crippen LogP contribution is 2.15. The number of nitrogens with one attached hydrogen (secondary N) is 2. The first-order chi connectivity index (χ1) is 9.16. The molecule has 100 valence electrons. The number of carbonyl (C=O) groups excluding carboxylic acids is 1. The molecule has 3 N–H and O–H groups in total. The number of benzene rings is 1. The van der Waals surface area contributed by atoms with Crippen LogP contribution in [0.1, 0.15) is 11.7 Å². The van der Waals surface area contributed by atoms with Crippen LogP contribution < -0.4 is 10.6 Å². The quantitative estimate of drug-likeness (QED) is 0.803. The van der Waals surface area contributed by atoms with Gasteiger partial charge in [0.05, 0.1) is 6.10 Å². The Morgan fingerprint density at radius 1 is 1.47 bits per heavy atom. The third-order valence-electron chi connectivity index (χ3n) is 2.37. The molecule has 1 heterocycles. The molecule has 5 nitrogen and oxygen atoms in total. The largest absolute Gasteiger partial charge is 0.386 e. The van der Waals surface area contributed by atoms with Gasteiger partial charge in [-0.2, -0.15) is 0 Å². The number of hydrogen-bond acceptors (Lipinski definition) is 4. The minimum atomic E-state index is -1.09. The fourth-order valence-corrected chi connectivity index (χ4v) is 2.00. The molecule has 1 unspecified atom stereocenters. The third-order valence-corrected chi connectivity index (χ3v) is 3.06. The Labute approximate surface area is 113 Å². The van der Waals surface area contributed by atoms with Crippen molar-refractivity contribution in [3.05, 3.63) is 47.2 Å². The van der Waals surface area contributed by atoms with Gasteiger partial charge < -0.3 is 10.4 Å². The van der Waals surface area contributed by atoms with Gasteiger partial charge in [-0.25, -0.2) is 14.2 Å². The summed E-state index contributed by atoms with van der Waals surface area (Å²) in [5.74, 6) is -0.503. The van der Waals surface area contributed by atoms with E-state index in [-0.39, 0.29) is 12.1 Å². The molecule has 2 aromatic rings. The maximum absolute atomic E-state index is 13.4. The number of halogens is 1. The van der Waals surface area contributed by atoms with Crippen LogP contribution in [0, 0.1) is 5.82 Å². The molecule has 1 aromatic carbocycles. The summed E-state index contributed by atoms with van der Waals surface area (Å²) in [7, 11) is 0. The van der Waals surface area contributed by atoms with Crippen LogP contribution in [-0.4, -0.2) is 22.7 Å². The zero-order chi connectivity index (χ0) is 13.7. The highest BCUT2D eigenvalue weighted by Gasteiger charge is 2.13. The summed E-state index contributed by atoms with van der Waals surface area (Å²) in [5.41, 5.74) is 0.150. The van der Waals surface area contributed by atoms with Crippen molar-refractivity contribution in [3.8, 4) is 0 Å². The maximum Gasteiger partial charge on any atom is 0.321 e. The fourth-order valence-electron chi connectivity index (χ4n) is 1.47. The van der Waals surface area contributed by atoms with E-state index in [0.717, 1.165) is 0 Å². The average Bonchev–Trinajstić information content (AvgIpc) is 2.89. The minimum Gasteiger partial charge on any atom is -0.386 e. The predicted molar refractivity (Wildman–Crippen MR) is 70.5 cm³/mol. The van der Waals surface area contributed by atoms with E-state index in [0.29, 0.717) is 5.13 Å². The molecular formula is C12H12FN3O2S. The Morgan fingerprint density at radius 2 is 2.26 bits per heavy atom. The van der Waals surface area contributed by atoms with Gasteiger partial charge in [0.1, 0.15) is 5.82 Å². The van der Waals surface area contributed by atoms with Crippen molar-refractivity contribution in [2.24, 2.45) is 0 Å². The molecule has 7 heteroatoms. The van der Waals surface area contributed by atoms with Crippen molar-refractivity contribution in [3.63, 3.8) is 0 Å². The second kappa shape index (κ2) is 6.26. The number of carbonyl (C=O) groups is 1. The number of thiazole rings is 1. The lowest BCUT2D eigenvalue weighted by Gasteiger charge is -2.12. The standard InChI is InChI=1S/C12H12FN3O2S/c13-9-4-2-1-3-8(9)10(17)7-15-11(18)16-12-14-5-6-19-12/h1-6,10,17H,7H2,(H2,14,15,16,18). The molecule has 0 aliphatic rings. The van der Waals surface area contributed by atoms with E-state index in [1.165, 1.54) is 29.5 Å². The summed E-state index contributed by atoms with van der Waals surface area (Å²) >= 11 is 1.28. The van der Waals surface area contributed by atoms with Crippen LogP contribution in [0.25, 0.3) is 0 Å². The van der Waals surface area contributed by atoms with E-state index in [4.69, 9.17) is 0 Å². The zero-order valence-corrected chi connectivity index (χ0v) is 10.7. The number of amides is 2. The predicted octanol–water partition coefficient (Wildman–Crippen LogP) is 2.14. The Morgan fingerprint density at radius 3 is 2.95 bits per heavy atom. The van der Waals surface area contributed by atoms with Gasteiger partial charge in [0.15, 0.2) is 5.13 Å². The van der Waals surface area contributed by atoms with Gasteiger partial charge in [-0.3, -0.25) is 5.32 Å². The van der Waals surface area contributed by atoms with E-state index >= 15 is 0 Å². The Balaban J connectivity index is 1.85. The summed E-state index contributed by atoms with van der Waals surface area (Å²) in [4.78, 5) is 15.4. The lowest BCUT2D eigenvalue weighted by molar-refractivity contribution is 0.170. The van der Waals surface area contributed by atoms with Gasteiger partial charge in [-0.1, -0.05) is 18.2 Å². The maximum atomic E-state index is 13.4. The van der Waals surface area contributed by atoms with Crippen molar-refractivity contribution in [1.29, 1.82) is 0 Å². The molecule has 2 amide bonds. The normalized spacial score (nSPS) is 11.9. The monoisotopic (exact) mass is 281 g/mol. The molecule has 2 rings (SSSR count). The highest BCUT2D eigenvalue weighted by molar-refractivity contribution is 7.13. The van der Waals surface area contributed by atoms with Crippen LogP contribution in [-0.2, 0) is 0 Å². The number of urea groups is 1. The van der Waals surface area contributed by atoms with Gasteiger partial charge in [0.2, 0.25) is 0 Å². The van der Waals surface area contributed by atoms with E-state index in [2.05, 4.69) is 15.6 Å². The Hall–Kier alpha value is -1.99. The molecule has 0 aliphatic carbocycles. The van der Waals surface area contributed by atoms with Crippen molar-refractivity contribution in [2.45, 2.75) is 6.10 Å². The number of nitrogens with zero attached hydrogens (tertiary/aromatic N) is 1. The zero-order valence-electron chi connectivity index (χ0n) is 9.84. The summed E-state index contributed by atoms with van der Waals surface area (Å²) in [5, 5.41) is 16.9. The van der Waals surface area contributed by atoms with Crippen LogP contribution in [0.4, 0.5) is 14.3 Å². The summed E-state index contributed by atoms with van der Waals surface area (Å²) in [6, 6.07) is 5.39. The van der Waals surface area contributed by atoms with Gasteiger partial charge >= 0.3 is 6.03 Å². The van der Waals surface area contributed by atoms with Gasteiger partial charge in [0, 0.05) is 23.7 Å². The first kappa shape index (κ1) is 13.4. The summed E-state index contributed by atoms with van der Waals surface area (Å²) in [6.45, 7) is -0.0852. The number of hydrogen-bond donors (Lipinski definition) is 3. The van der Waals surface area contributed by atoms with Crippen LogP contribution in [0.2, 0.25) is 0 Å². The molecule has 0 aliphatic heterocycles. The Bertz CT molecular complexity index is 548. The van der Waals surface area contributed by atoms with Crippen molar-refractivity contribution < 1.29 is 14.3 Å². The van der Waals surface area contributed by atoms with E-state index in [9.17, 15) is 14.3 Å². The van der Waals surface area contributed by atoms with Crippen molar-refractivity contribution >= 4 is 22.5 Å². The van der Waals surface area contributed by atoms with Gasteiger partial charge in [0.25, 0.3) is 0 Å². The number of aliphatic hydroxyl groups is 1. The lowest BCUT2D eigenvalue weighted by atomic mass is 10.1. The molecule has 0 saturated carbocycles. The topological polar surface area (TPSA) is 74.2 Å². The summed E-state index contributed by atoms with van der Waals surface area (Å²) < 4.78 is 13.4. The smallest absolute Gasteiger partial charge is 0.321 e. The second-order valence-corrected chi connectivity index (χ2v) is 4.60. The molecular weight excluding hydrogens is 269 g/mol. The van der Waals surface area contributed by atoms with Crippen LogP contribution in [0.15, 0.2) is 35.8 Å². The first-order valence-electron chi connectivity index (χ1n) is 5.53. The molecule has 0 radical (unpaired) electrons. The van der Waals surface area contributed by atoms with E-state index in [1.807, 2.05) is 0 Å². The first-order valence-corrected chi connectivity index (χ1v) is 6.41. The van der Waals surface area contributed by atoms with E-state index in [1.54, 1.807) is 17.6 Å². The molecule has 0 bridgehead atoms. The molecule has 1 aromatic heterocycles. The number of anilines is 1. The molecule has 0 saturated heterocycles. The van der Waals surface area contributed by atoms with Crippen LogP contribution >= 0.6 is 11.3 Å². The van der Waals surface area contributed by atoms with Gasteiger partial charge in [-0.05, 0) is 6.07 Å². The van der Waals surface area contributed by atoms with Crippen molar-refractivity contribution in [2.75, 3.05) is 11.9 Å². The van der Waals surface area contributed by atoms with Crippen LogP contribution in [0.5, 0.6) is 0 Å². The van der Waals surface area contributed by atoms with Crippen molar-refractivity contribution in [1.82, 2.24) is 10.3 Å². The highest BCUT2D eigenvalue weighted by atomic mass is 32.1. The van der Waals surface area contributed by atoms with E-state index < -0.39 is 18.0 Å². The lowest BCUT2D eigenvalue weighted by Crippen LogP contribution is -2.32. The van der Waals surface area contributed by atoms with Gasteiger partial charge in [-0.15, -0.1) is 11.3 Å². The second-order valence-electron chi connectivity index (χ2n) is 3.71. The van der Waals surface area contributed by atoms with Crippen LogP contribution in [0.3, 0.4) is 0 Å². The molecule has 19 heavy (non-hydrogen) atoms. The number of aliphatic hydroxyl groups excluding tert-OH is 1. The Kier molecular flexibility index (Phi) is 4.43. The molecule has 1 atom stereocenters. The SMILES string of the molecule is O=C(NCC(O)c1ccccc1F)Nc1nccs1. The minimum absolute atomic E-state index is 0.0852. The average molecular weight is 281 g/mol. The molecule has 0 fully saturated rings. The molecule has 0 spiro atoms. The third kappa shape index (κ3) is 3.73. The number of rotatable bonds is 4. The summed E-state index contributed by atoms with van der Waals surface area (Å²) in [6.07, 6.45) is 0.470. The fraction of sp³-hybridized carbons (Fsp3) is 0.167.